The Labute approximate surface area is 120 Å². The number of hydrogen-bond donors (Lipinski definition) is 3. The van der Waals surface area contributed by atoms with Gasteiger partial charge in [-0.2, -0.15) is 0 Å². The van der Waals surface area contributed by atoms with Gasteiger partial charge in [-0.3, -0.25) is 4.79 Å². The number of aromatic nitrogens is 4. The summed E-state index contributed by atoms with van der Waals surface area (Å²) < 4.78 is 0. The van der Waals surface area contributed by atoms with Gasteiger partial charge in [0.1, 0.15) is 11.8 Å². The summed E-state index contributed by atoms with van der Waals surface area (Å²) in [5, 5.41) is 12.4. The van der Waals surface area contributed by atoms with Crippen molar-refractivity contribution < 1.29 is 9.90 Å². The van der Waals surface area contributed by atoms with Crippen molar-refractivity contribution in [2.24, 2.45) is 0 Å². The molecular formula is C14H13N5O2. The number of nitrogens with zero attached hydrogens (tertiary/aromatic N) is 3. The maximum absolute atomic E-state index is 11.4. The third-order valence-corrected chi connectivity index (χ3v) is 3.20. The van der Waals surface area contributed by atoms with E-state index >= 15 is 0 Å². The smallest absolute Gasteiger partial charge is 0.312 e. The molecule has 3 N–H and O–H groups in total. The maximum Gasteiger partial charge on any atom is 0.312 e. The summed E-state index contributed by atoms with van der Waals surface area (Å²) >= 11 is 0. The molecule has 0 amide bonds. The zero-order valence-electron chi connectivity index (χ0n) is 11.0. The Bertz CT molecular complexity index is 756. The van der Waals surface area contributed by atoms with Crippen LogP contribution in [0, 0.1) is 0 Å². The monoisotopic (exact) mass is 283 g/mol. The fraction of sp³-hybridized carbons (Fsp3) is 0.143. The van der Waals surface area contributed by atoms with Crippen LogP contribution in [-0.4, -0.2) is 37.6 Å². The van der Waals surface area contributed by atoms with E-state index in [1.807, 2.05) is 18.2 Å². The number of hydrogen-bond acceptors (Lipinski definition) is 5. The predicted molar refractivity (Wildman–Crippen MR) is 77.0 cm³/mol. The Morgan fingerprint density at radius 2 is 2.05 bits per heavy atom. The number of aromatic amines is 1. The van der Waals surface area contributed by atoms with Crippen LogP contribution in [0.3, 0.4) is 0 Å². The number of carboxylic acids is 1. The number of nitrogens with one attached hydrogen (secondary N) is 2. The first-order chi connectivity index (χ1) is 10.3. The first-order valence-electron chi connectivity index (χ1n) is 6.41. The molecule has 2 aromatic heterocycles. The Balaban J connectivity index is 1.82. The third-order valence-electron chi connectivity index (χ3n) is 3.20. The number of carbonyl (C=O) groups is 1. The summed E-state index contributed by atoms with van der Waals surface area (Å²) in [7, 11) is 0. The molecule has 0 bridgehead atoms. The number of carboxylic acid groups (broad SMARTS) is 1. The average Bonchev–Trinajstić information content (AvgIpc) is 2.97. The molecule has 21 heavy (non-hydrogen) atoms. The van der Waals surface area contributed by atoms with E-state index in [0.717, 1.165) is 5.56 Å². The molecule has 0 spiro atoms. The topological polar surface area (TPSA) is 104 Å². The number of H-pyrrole nitrogens is 1. The number of rotatable bonds is 5. The highest BCUT2D eigenvalue weighted by atomic mass is 16.4. The quantitative estimate of drug-likeness (QED) is 0.657. The van der Waals surface area contributed by atoms with E-state index in [-0.39, 0.29) is 6.54 Å². The fourth-order valence-electron chi connectivity index (χ4n) is 2.13. The zero-order valence-corrected chi connectivity index (χ0v) is 11.0. The molecule has 7 heteroatoms. The van der Waals surface area contributed by atoms with Crippen LogP contribution in [0.15, 0.2) is 43.0 Å². The molecule has 0 aliphatic rings. The van der Waals surface area contributed by atoms with Gasteiger partial charge in [0.25, 0.3) is 0 Å². The number of benzene rings is 1. The van der Waals surface area contributed by atoms with Crippen LogP contribution in [0.5, 0.6) is 0 Å². The zero-order chi connectivity index (χ0) is 14.7. The number of fused-ring (bicyclic) bond motifs is 1. The predicted octanol–water partition coefficient (Wildman–Crippen LogP) is 1.63. The van der Waals surface area contributed by atoms with Crippen molar-refractivity contribution in [2.45, 2.75) is 5.92 Å². The van der Waals surface area contributed by atoms with E-state index in [4.69, 9.17) is 0 Å². The van der Waals surface area contributed by atoms with Crippen LogP contribution in [-0.2, 0) is 4.79 Å². The first-order valence-corrected chi connectivity index (χ1v) is 6.41. The fourth-order valence-corrected chi connectivity index (χ4v) is 2.13. The highest BCUT2D eigenvalue weighted by Crippen LogP contribution is 2.19. The van der Waals surface area contributed by atoms with Gasteiger partial charge in [-0.25, -0.2) is 15.0 Å². The van der Waals surface area contributed by atoms with E-state index in [1.54, 1.807) is 12.1 Å². The van der Waals surface area contributed by atoms with Gasteiger partial charge < -0.3 is 15.4 Å². The molecule has 0 fully saturated rings. The summed E-state index contributed by atoms with van der Waals surface area (Å²) in [5.41, 5.74) is 1.95. The Morgan fingerprint density at radius 3 is 2.81 bits per heavy atom. The van der Waals surface area contributed by atoms with E-state index < -0.39 is 11.9 Å². The second-order valence-electron chi connectivity index (χ2n) is 4.51. The molecule has 0 saturated heterocycles. The van der Waals surface area contributed by atoms with Crippen molar-refractivity contribution >= 4 is 23.0 Å². The van der Waals surface area contributed by atoms with Gasteiger partial charge in [-0.1, -0.05) is 30.3 Å². The van der Waals surface area contributed by atoms with Crippen LogP contribution in [0.2, 0.25) is 0 Å². The third kappa shape index (κ3) is 2.66. The Hall–Kier alpha value is -2.96. The van der Waals surface area contributed by atoms with Crippen molar-refractivity contribution in [1.29, 1.82) is 0 Å². The van der Waals surface area contributed by atoms with E-state index in [2.05, 4.69) is 25.3 Å². The maximum atomic E-state index is 11.4. The van der Waals surface area contributed by atoms with Gasteiger partial charge in [-0.15, -0.1) is 0 Å². The van der Waals surface area contributed by atoms with E-state index in [0.29, 0.717) is 17.0 Å². The summed E-state index contributed by atoms with van der Waals surface area (Å²) in [6, 6.07) is 9.10. The average molecular weight is 283 g/mol. The number of anilines is 1. The van der Waals surface area contributed by atoms with Crippen LogP contribution in [0.1, 0.15) is 11.5 Å². The standard InChI is InChI=1S/C14H13N5O2/c20-14(21)10(9-4-2-1-3-5-9)6-15-12-11-13(17-7-16-11)19-8-18-12/h1-5,7-8,10H,6H2,(H,20,21)(H2,15,16,17,18,19). The molecule has 3 rings (SSSR count). The molecule has 0 saturated carbocycles. The normalized spacial score (nSPS) is 12.2. The Morgan fingerprint density at radius 1 is 1.24 bits per heavy atom. The van der Waals surface area contributed by atoms with Gasteiger partial charge >= 0.3 is 5.97 Å². The van der Waals surface area contributed by atoms with E-state index in [9.17, 15) is 9.90 Å². The molecule has 0 aliphatic carbocycles. The van der Waals surface area contributed by atoms with Gasteiger partial charge in [0.15, 0.2) is 11.5 Å². The molecule has 0 aliphatic heterocycles. The molecule has 1 unspecified atom stereocenters. The molecule has 1 atom stereocenters. The lowest BCUT2D eigenvalue weighted by atomic mass is 9.99. The van der Waals surface area contributed by atoms with Gasteiger partial charge in [0.2, 0.25) is 0 Å². The van der Waals surface area contributed by atoms with Crippen LogP contribution in [0.25, 0.3) is 11.2 Å². The largest absolute Gasteiger partial charge is 0.481 e. The molecule has 7 nitrogen and oxygen atoms in total. The first kappa shape index (κ1) is 13.0. The van der Waals surface area contributed by atoms with Gasteiger partial charge in [0, 0.05) is 6.54 Å². The SMILES string of the molecule is O=C(O)C(CNc1ncnc2nc[nH]c12)c1ccccc1. The van der Waals surface area contributed by atoms with Crippen molar-refractivity contribution in [3.05, 3.63) is 48.5 Å². The van der Waals surface area contributed by atoms with Crippen LogP contribution < -0.4 is 5.32 Å². The highest BCUT2D eigenvalue weighted by Gasteiger charge is 2.20. The number of imidazole rings is 1. The summed E-state index contributed by atoms with van der Waals surface area (Å²) in [6.07, 6.45) is 2.92. The lowest BCUT2D eigenvalue weighted by Gasteiger charge is -2.14. The van der Waals surface area contributed by atoms with Crippen molar-refractivity contribution in [3.63, 3.8) is 0 Å². The van der Waals surface area contributed by atoms with Crippen molar-refractivity contribution in [1.82, 2.24) is 19.9 Å². The Kier molecular flexibility index (Phi) is 3.46. The van der Waals surface area contributed by atoms with Crippen LogP contribution >= 0.6 is 0 Å². The lowest BCUT2D eigenvalue weighted by Crippen LogP contribution is -2.21. The lowest BCUT2D eigenvalue weighted by molar-refractivity contribution is -0.138. The minimum Gasteiger partial charge on any atom is -0.481 e. The second-order valence-corrected chi connectivity index (χ2v) is 4.51. The van der Waals surface area contributed by atoms with Gasteiger partial charge in [0.05, 0.1) is 12.2 Å². The summed E-state index contributed by atoms with van der Waals surface area (Å²) in [5.74, 6) is -0.998. The van der Waals surface area contributed by atoms with Gasteiger partial charge in [-0.05, 0) is 5.56 Å². The van der Waals surface area contributed by atoms with Crippen molar-refractivity contribution in [2.75, 3.05) is 11.9 Å². The molecule has 3 aromatic rings. The minimum absolute atomic E-state index is 0.227. The second kappa shape index (κ2) is 5.58. The molecular weight excluding hydrogens is 270 g/mol. The molecule has 0 radical (unpaired) electrons. The number of aliphatic carboxylic acids is 1. The minimum atomic E-state index is -0.886. The molecule has 1 aromatic carbocycles. The summed E-state index contributed by atoms with van der Waals surface area (Å²) in [4.78, 5) is 26.5. The molecule has 106 valence electrons. The van der Waals surface area contributed by atoms with Crippen molar-refractivity contribution in [3.8, 4) is 0 Å². The molecule has 2 heterocycles. The van der Waals surface area contributed by atoms with E-state index in [1.165, 1.54) is 12.7 Å². The summed E-state index contributed by atoms with van der Waals surface area (Å²) in [6.45, 7) is 0.227. The van der Waals surface area contributed by atoms with Crippen LogP contribution in [0.4, 0.5) is 5.82 Å². The highest BCUT2D eigenvalue weighted by molar-refractivity contribution is 5.83.